The zero-order valence-electron chi connectivity index (χ0n) is 16.5. The summed E-state index contributed by atoms with van der Waals surface area (Å²) in [5, 5.41) is 10.9. The molecule has 2 aromatic carbocycles. The van der Waals surface area contributed by atoms with Gasteiger partial charge in [0.05, 0.1) is 21.1 Å². The number of amides is 1. The number of carbonyl (C=O) groups is 1. The third kappa shape index (κ3) is 5.11. The molecule has 0 bridgehead atoms. The van der Waals surface area contributed by atoms with E-state index in [0.717, 1.165) is 31.7 Å². The normalized spacial score (nSPS) is 14.8. The molecule has 1 aliphatic rings. The van der Waals surface area contributed by atoms with Crippen molar-refractivity contribution in [2.75, 3.05) is 24.1 Å². The number of hydrogen-bond donors (Lipinski definition) is 1. The fourth-order valence-electron chi connectivity index (χ4n) is 3.36. The Kier molecular flexibility index (Phi) is 6.99. The third-order valence-electron chi connectivity index (χ3n) is 4.91. The van der Waals surface area contributed by atoms with Gasteiger partial charge in [-0.25, -0.2) is 8.42 Å². The summed E-state index contributed by atoms with van der Waals surface area (Å²) in [4.78, 5) is 25.9. The molecule has 1 heterocycles. The van der Waals surface area contributed by atoms with Crippen LogP contribution in [0.5, 0.6) is 0 Å². The molecule has 0 aromatic heterocycles. The van der Waals surface area contributed by atoms with Gasteiger partial charge in [-0.3, -0.25) is 19.6 Å². The summed E-state index contributed by atoms with van der Waals surface area (Å²) in [6.45, 7) is 1.32. The molecule has 1 N–H and O–H groups in total. The van der Waals surface area contributed by atoms with Gasteiger partial charge < -0.3 is 4.90 Å². The third-order valence-corrected chi connectivity index (χ3v) is 7.09. The maximum Gasteiger partial charge on any atom is 0.271 e. The van der Waals surface area contributed by atoms with Crippen molar-refractivity contribution < 1.29 is 18.1 Å². The summed E-state index contributed by atoms with van der Waals surface area (Å²) in [6, 6.07) is 9.71. The van der Waals surface area contributed by atoms with E-state index in [9.17, 15) is 23.3 Å². The average Bonchev–Trinajstić information content (AvgIpc) is 3.02. The van der Waals surface area contributed by atoms with Crippen LogP contribution in [-0.4, -0.2) is 43.5 Å². The zero-order valence-corrected chi connectivity index (χ0v) is 18.2. The standard InChI is InChI=1S/C20H23N3O5S2/c1-29-19-10-9-17(14-18(19)20(24)22-11-4-2-3-5-12-22)30(27,28)21-15-7-6-8-16(13-15)23(25)26/h6-10,13-14,21H,2-5,11-12H2,1H3. The lowest BCUT2D eigenvalue weighted by Gasteiger charge is -2.22. The number of rotatable bonds is 6. The minimum atomic E-state index is -4.03. The van der Waals surface area contributed by atoms with Gasteiger partial charge in [0.25, 0.3) is 21.6 Å². The van der Waals surface area contributed by atoms with Crippen LogP contribution in [0.15, 0.2) is 52.3 Å². The molecule has 1 amide bonds. The monoisotopic (exact) mass is 449 g/mol. The summed E-state index contributed by atoms with van der Waals surface area (Å²) < 4.78 is 28.1. The number of nitrogens with zero attached hydrogens (tertiary/aromatic N) is 2. The van der Waals surface area contributed by atoms with Crippen molar-refractivity contribution in [3.63, 3.8) is 0 Å². The quantitative estimate of drug-likeness (QED) is 0.403. The molecule has 3 rings (SSSR count). The van der Waals surface area contributed by atoms with Crippen molar-refractivity contribution in [1.82, 2.24) is 4.90 Å². The van der Waals surface area contributed by atoms with E-state index in [0.29, 0.717) is 23.5 Å². The van der Waals surface area contributed by atoms with Crippen LogP contribution in [0.2, 0.25) is 0 Å². The highest BCUT2D eigenvalue weighted by molar-refractivity contribution is 7.98. The molecule has 0 saturated carbocycles. The number of nitro groups is 1. The first kappa shape index (κ1) is 22.1. The summed E-state index contributed by atoms with van der Waals surface area (Å²) >= 11 is 1.38. The fourth-order valence-corrected chi connectivity index (χ4v) is 5.01. The fraction of sp³-hybridized carbons (Fsp3) is 0.350. The number of likely N-dealkylation sites (tertiary alicyclic amines) is 1. The first-order valence-electron chi connectivity index (χ1n) is 9.56. The Morgan fingerprint density at radius 2 is 1.80 bits per heavy atom. The van der Waals surface area contributed by atoms with Crippen molar-refractivity contribution in [2.45, 2.75) is 35.5 Å². The van der Waals surface area contributed by atoms with Crippen LogP contribution in [0.3, 0.4) is 0 Å². The predicted octanol–water partition coefficient (Wildman–Crippen LogP) is 4.13. The van der Waals surface area contributed by atoms with Crippen LogP contribution in [-0.2, 0) is 10.0 Å². The van der Waals surface area contributed by atoms with Crippen LogP contribution >= 0.6 is 11.8 Å². The SMILES string of the molecule is CSc1ccc(S(=O)(=O)Nc2cccc([N+](=O)[O-])c2)cc1C(=O)N1CCCCCC1. The number of nitrogens with one attached hydrogen (secondary N) is 1. The Balaban J connectivity index is 1.92. The Morgan fingerprint density at radius 1 is 1.10 bits per heavy atom. The van der Waals surface area contributed by atoms with E-state index in [1.807, 2.05) is 6.26 Å². The molecule has 0 atom stereocenters. The van der Waals surface area contributed by atoms with Crippen LogP contribution in [0.25, 0.3) is 0 Å². The van der Waals surface area contributed by atoms with Crippen LogP contribution < -0.4 is 4.72 Å². The highest BCUT2D eigenvalue weighted by atomic mass is 32.2. The van der Waals surface area contributed by atoms with Gasteiger partial charge in [-0.05, 0) is 43.4 Å². The summed E-state index contributed by atoms with van der Waals surface area (Å²) in [5.74, 6) is -0.173. The van der Waals surface area contributed by atoms with E-state index in [4.69, 9.17) is 0 Å². The van der Waals surface area contributed by atoms with Crippen LogP contribution in [0, 0.1) is 10.1 Å². The second-order valence-corrected chi connectivity index (χ2v) is 9.51. The minimum absolute atomic E-state index is 0.0648. The van der Waals surface area contributed by atoms with Gasteiger partial charge >= 0.3 is 0 Å². The van der Waals surface area contributed by atoms with Gasteiger partial charge in [0, 0.05) is 30.1 Å². The number of carbonyl (C=O) groups excluding carboxylic acids is 1. The maximum absolute atomic E-state index is 13.1. The van der Waals surface area contributed by atoms with Crippen molar-refractivity contribution in [3.8, 4) is 0 Å². The van der Waals surface area contributed by atoms with Gasteiger partial charge in [-0.1, -0.05) is 18.9 Å². The summed E-state index contributed by atoms with van der Waals surface area (Å²) in [7, 11) is -4.03. The van der Waals surface area contributed by atoms with Crippen molar-refractivity contribution in [2.24, 2.45) is 0 Å². The van der Waals surface area contributed by atoms with Crippen LogP contribution in [0.4, 0.5) is 11.4 Å². The number of nitro benzene ring substituents is 1. The summed E-state index contributed by atoms with van der Waals surface area (Å²) in [6.07, 6.45) is 5.88. The van der Waals surface area contributed by atoms with E-state index >= 15 is 0 Å². The Hall–Kier alpha value is -2.59. The predicted molar refractivity (Wildman–Crippen MR) is 116 cm³/mol. The molecule has 2 aromatic rings. The van der Waals surface area contributed by atoms with Gasteiger partial charge in [-0.15, -0.1) is 11.8 Å². The lowest BCUT2D eigenvalue weighted by atomic mass is 10.2. The molecule has 0 aliphatic carbocycles. The number of hydrogen-bond acceptors (Lipinski definition) is 6. The van der Waals surface area contributed by atoms with Gasteiger partial charge in [0.1, 0.15) is 0 Å². The van der Waals surface area contributed by atoms with Crippen molar-refractivity contribution in [1.29, 1.82) is 0 Å². The van der Waals surface area contributed by atoms with E-state index in [1.54, 1.807) is 11.0 Å². The van der Waals surface area contributed by atoms with E-state index in [2.05, 4.69) is 4.72 Å². The maximum atomic E-state index is 13.1. The molecule has 1 fully saturated rings. The largest absolute Gasteiger partial charge is 0.339 e. The molecule has 1 aliphatic heterocycles. The lowest BCUT2D eigenvalue weighted by molar-refractivity contribution is -0.384. The molecule has 0 spiro atoms. The Bertz CT molecular complexity index is 1050. The zero-order chi connectivity index (χ0) is 21.7. The van der Waals surface area contributed by atoms with E-state index in [-0.39, 0.29) is 22.2 Å². The molecule has 0 radical (unpaired) electrons. The molecule has 0 unspecified atom stereocenters. The summed E-state index contributed by atoms with van der Waals surface area (Å²) in [5.41, 5.74) is 0.217. The number of thioether (sulfide) groups is 1. The topological polar surface area (TPSA) is 110 Å². The smallest absolute Gasteiger partial charge is 0.271 e. The lowest BCUT2D eigenvalue weighted by Crippen LogP contribution is -2.32. The average molecular weight is 450 g/mol. The van der Waals surface area contributed by atoms with Gasteiger partial charge in [0.2, 0.25) is 0 Å². The number of anilines is 1. The van der Waals surface area contributed by atoms with E-state index < -0.39 is 14.9 Å². The number of sulfonamides is 1. The highest BCUT2D eigenvalue weighted by Gasteiger charge is 2.23. The van der Waals surface area contributed by atoms with Crippen molar-refractivity contribution in [3.05, 3.63) is 58.1 Å². The Labute approximate surface area is 179 Å². The Morgan fingerprint density at radius 3 is 2.43 bits per heavy atom. The van der Waals surface area contributed by atoms with Gasteiger partial charge in [0.15, 0.2) is 0 Å². The molecular formula is C20H23N3O5S2. The molecule has 30 heavy (non-hydrogen) atoms. The second-order valence-electron chi connectivity index (χ2n) is 6.98. The van der Waals surface area contributed by atoms with Crippen LogP contribution in [0.1, 0.15) is 36.0 Å². The molecule has 160 valence electrons. The first-order valence-corrected chi connectivity index (χ1v) is 12.3. The number of non-ortho nitro benzene ring substituents is 1. The van der Waals surface area contributed by atoms with E-state index in [1.165, 1.54) is 42.1 Å². The molecule has 1 saturated heterocycles. The van der Waals surface area contributed by atoms with Gasteiger partial charge in [-0.2, -0.15) is 0 Å². The number of benzene rings is 2. The first-order chi connectivity index (χ1) is 14.3. The minimum Gasteiger partial charge on any atom is -0.339 e. The molecular weight excluding hydrogens is 426 g/mol. The molecule has 10 heteroatoms. The van der Waals surface area contributed by atoms with Crippen molar-refractivity contribution >= 4 is 39.1 Å². The molecule has 8 nitrogen and oxygen atoms in total. The second kappa shape index (κ2) is 9.48. The highest BCUT2D eigenvalue weighted by Crippen LogP contribution is 2.27.